The van der Waals surface area contributed by atoms with Crippen LogP contribution in [0, 0.1) is 0 Å². The lowest BCUT2D eigenvalue weighted by atomic mass is 10.0. The van der Waals surface area contributed by atoms with Crippen molar-refractivity contribution in [2.45, 2.75) is 37.0 Å². The summed E-state index contributed by atoms with van der Waals surface area (Å²) in [4.78, 5) is 28.8. The summed E-state index contributed by atoms with van der Waals surface area (Å²) in [6, 6.07) is 9.16. The summed E-state index contributed by atoms with van der Waals surface area (Å²) in [5.74, 6) is -0.618. The molecule has 1 aliphatic rings. The van der Waals surface area contributed by atoms with E-state index in [1.165, 1.54) is 28.7 Å². The minimum atomic E-state index is -3.66. The molecule has 0 N–H and O–H groups in total. The van der Waals surface area contributed by atoms with E-state index < -0.39 is 10.0 Å². The molecule has 0 atom stereocenters. The zero-order valence-electron chi connectivity index (χ0n) is 15.3. The van der Waals surface area contributed by atoms with E-state index in [2.05, 4.69) is 4.98 Å². The number of hydrogen-bond acceptors (Lipinski definition) is 5. The SMILES string of the molecule is O=C(CCC(=O)c1cc(S(=O)(=O)N2CCCCC2)ccc1Cl)c1ccccn1. The summed E-state index contributed by atoms with van der Waals surface area (Å²) in [5.41, 5.74) is 0.413. The minimum Gasteiger partial charge on any atom is -0.294 e. The summed E-state index contributed by atoms with van der Waals surface area (Å²) >= 11 is 6.13. The van der Waals surface area contributed by atoms with Gasteiger partial charge in [-0.05, 0) is 43.2 Å². The lowest BCUT2D eigenvalue weighted by Crippen LogP contribution is -2.35. The van der Waals surface area contributed by atoms with Crippen LogP contribution in [0.5, 0.6) is 0 Å². The summed E-state index contributed by atoms with van der Waals surface area (Å²) < 4.78 is 27.1. The van der Waals surface area contributed by atoms with E-state index in [-0.39, 0.29) is 39.9 Å². The number of hydrogen-bond donors (Lipinski definition) is 0. The molecule has 0 amide bonds. The van der Waals surface area contributed by atoms with Crippen LogP contribution in [0.3, 0.4) is 0 Å². The van der Waals surface area contributed by atoms with Crippen molar-refractivity contribution in [3.05, 3.63) is 58.9 Å². The number of nitrogens with zero attached hydrogens (tertiary/aromatic N) is 2. The highest BCUT2D eigenvalue weighted by molar-refractivity contribution is 7.89. The molecule has 1 aromatic heterocycles. The highest BCUT2D eigenvalue weighted by Crippen LogP contribution is 2.26. The summed E-state index contributed by atoms with van der Waals surface area (Å²) in [6.45, 7) is 0.958. The largest absolute Gasteiger partial charge is 0.294 e. The van der Waals surface area contributed by atoms with Crippen LogP contribution < -0.4 is 0 Å². The number of ketones is 2. The second-order valence-electron chi connectivity index (χ2n) is 6.67. The highest BCUT2D eigenvalue weighted by atomic mass is 35.5. The van der Waals surface area contributed by atoms with Crippen molar-refractivity contribution in [1.82, 2.24) is 9.29 Å². The van der Waals surface area contributed by atoms with Crippen LogP contribution in [0.15, 0.2) is 47.5 Å². The minimum absolute atomic E-state index is 0.0186. The first kappa shape index (κ1) is 20.6. The molecule has 1 saturated heterocycles. The second-order valence-corrected chi connectivity index (χ2v) is 9.01. The molecule has 3 rings (SSSR count). The molecule has 0 radical (unpaired) electrons. The summed E-state index contributed by atoms with van der Waals surface area (Å²) in [5, 5.41) is 0.174. The zero-order chi connectivity index (χ0) is 20.1. The van der Waals surface area contributed by atoms with E-state index in [9.17, 15) is 18.0 Å². The first-order valence-electron chi connectivity index (χ1n) is 9.17. The molecular weight excluding hydrogens is 400 g/mol. The average Bonchev–Trinajstić information content (AvgIpc) is 2.73. The van der Waals surface area contributed by atoms with E-state index in [0.717, 1.165) is 19.3 Å². The number of aromatic nitrogens is 1. The Morgan fingerprint density at radius 2 is 1.71 bits per heavy atom. The van der Waals surface area contributed by atoms with Gasteiger partial charge in [0.25, 0.3) is 0 Å². The van der Waals surface area contributed by atoms with Crippen LogP contribution in [0.25, 0.3) is 0 Å². The lowest BCUT2D eigenvalue weighted by molar-refractivity contribution is 0.0915. The topological polar surface area (TPSA) is 84.4 Å². The third-order valence-electron chi connectivity index (χ3n) is 4.72. The number of Topliss-reactive ketones (excluding diaryl/α,β-unsaturated/α-hetero) is 2. The number of carbonyl (C=O) groups is 2. The van der Waals surface area contributed by atoms with Crippen molar-refractivity contribution < 1.29 is 18.0 Å². The van der Waals surface area contributed by atoms with Crippen molar-refractivity contribution in [2.75, 3.05) is 13.1 Å². The van der Waals surface area contributed by atoms with Crippen molar-refractivity contribution in [2.24, 2.45) is 0 Å². The molecule has 0 saturated carbocycles. The van der Waals surface area contributed by atoms with Gasteiger partial charge in [-0.3, -0.25) is 14.6 Å². The molecule has 28 heavy (non-hydrogen) atoms. The Hall–Kier alpha value is -2.09. The van der Waals surface area contributed by atoms with Gasteiger partial charge in [-0.25, -0.2) is 8.42 Å². The average molecular weight is 421 g/mol. The van der Waals surface area contributed by atoms with Crippen LogP contribution in [-0.2, 0) is 10.0 Å². The molecule has 8 heteroatoms. The first-order valence-corrected chi connectivity index (χ1v) is 11.0. The van der Waals surface area contributed by atoms with E-state index >= 15 is 0 Å². The molecule has 1 aromatic carbocycles. The Morgan fingerprint density at radius 1 is 1.00 bits per heavy atom. The first-order chi connectivity index (χ1) is 13.4. The number of benzene rings is 1. The fraction of sp³-hybridized carbons (Fsp3) is 0.350. The number of piperidine rings is 1. The van der Waals surface area contributed by atoms with E-state index in [1.54, 1.807) is 18.2 Å². The smallest absolute Gasteiger partial charge is 0.243 e. The Balaban J connectivity index is 1.75. The van der Waals surface area contributed by atoms with Crippen molar-refractivity contribution in [3.8, 4) is 0 Å². The van der Waals surface area contributed by atoms with Gasteiger partial charge < -0.3 is 0 Å². The molecule has 6 nitrogen and oxygen atoms in total. The van der Waals surface area contributed by atoms with Gasteiger partial charge in [0, 0.05) is 37.7 Å². The lowest BCUT2D eigenvalue weighted by Gasteiger charge is -2.26. The fourth-order valence-corrected chi connectivity index (χ4v) is 4.92. The molecule has 2 aromatic rings. The van der Waals surface area contributed by atoms with Gasteiger partial charge in [0.05, 0.1) is 9.92 Å². The van der Waals surface area contributed by atoms with Crippen molar-refractivity contribution >= 4 is 33.2 Å². The number of sulfonamides is 1. The predicted molar refractivity (Wildman–Crippen MR) is 106 cm³/mol. The standard InChI is InChI=1S/C20H21ClN2O4S/c21-17-8-7-15(28(26,27)23-12-4-1-5-13-23)14-16(17)19(24)9-10-20(25)18-6-2-3-11-22-18/h2-3,6-8,11,14H,1,4-5,9-10,12-13H2. The molecule has 0 bridgehead atoms. The predicted octanol–water partition coefficient (Wildman–Crippen LogP) is 3.76. The summed E-state index contributed by atoms with van der Waals surface area (Å²) in [7, 11) is -3.66. The maximum atomic E-state index is 12.8. The van der Waals surface area contributed by atoms with Crippen LogP contribution in [0.1, 0.15) is 53.0 Å². The Bertz CT molecular complexity index is 971. The van der Waals surface area contributed by atoms with Gasteiger partial charge in [-0.1, -0.05) is 24.1 Å². The van der Waals surface area contributed by atoms with Crippen LogP contribution in [0.2, 0.25) is 5.02 Å². The molecule has 0 aliphatic carbocycles. The molecule has 0 unspecified atom stereocenters. The van der Waals surface area contributed by atoms with Crippen LogP contribution >= 0.6 is 11.6 Å². The second kappa shape index (κ2) is 8.94. The molecule has 0 spiro atoms. The monoisotopic (exact) mass is 420 g/mol. The number of rotatable bonds is 7. The third-order valence-corrected chi connectivity index (χ3v) is 6.94. The van der Waals surface area contributed by atoms with Gasteiger partial charge in [0.1, 0.15) is 5.69 Å². The molecule has 1 fully saturated rings. The normalized spacial score (nSPS) is 15.3. The maximum absolute atomic E-state index is 12.8. The van der Waals surface area contributed by atoms with Crippen LogP contribution in [0.4, 0.5) is 0 Å². The molecular formula is C20H21ClN2O4S. The quantitative estimate of drug-likeness (QED) is 0.637. The van der Waals surface area contributed by atoms with Crippen molar-refractivity contribution in [3.63, 3.8) is 0 Å². The summed E-state index contributed by atoms with van der Waals surface area (Å²) in [6.07, 6.45) is 4.10. The van der Waals surface area contributed by atoms with Crippen molar-refractivity contribution in [1.29, 1.82) is 0 Å². The molecule has 2 heterocycles. The van der Waals surface area contributed by atoms with Gasteiger partial charge in [-0.15, -0.1) is 0 Å². The Morgan fingerprint density at radius 3 is 2.39 bits per heavy atom. The van der Waals surface area contributed by atoms with E-state index in [1.807, 2.05) is 0 Å². The highest BCUT2D eigenvalue weighted by Gasteiger charge is 2.27. The number of pyridine rings is 1. The van der Waals surface area contributed by atoms with Gasteiger partial charge in [-0.2, -0.15) is 4.31 Å². The van der Waals surface area contributed by atoms with E-state index in [0.29, 0.717) is 18.8 Å². The van der Waals surface area contributed by atoms with Gasteiger partial charge >= 0.3 is 0 Å². The Labute approximate surface area is 169 Å². The van der Waals surface area contributed by atoms with E-state index in [4.69, 9.17) is 11.6 Å². The third kappa shape index (κ3) is 4.66. The van der Waals surface area contributed by atoms with Gasteiger partial charge in [0.15, 0.2) is 11.6 Å². The van der Waals surface area contributed by atoms with Crippen LogP contribution in [-0.4, -0.2) is 42.4 Å². The number of halogens is 1. The molecule has 1 aliphatic heterocycles. The fourth-order valence-electron chi connectivity index (χ4n) is 3.15. The Kier molecular flexibility index (Phi) is 6.59. The number of carbonyl (C=O) groups excluding carboxylic acids is 2. The van der Waals surface area contributed by atoms with Gasteiger partial charge in [0.2, 0.25) is 10.0 Å². The zero-order valence-corrected chi connectivity index (χ0v) is 16.9. The molecule has 148 valence electrons. The maximum Gasteiger partial charge on any atom is 0.243 e.